The first-order valence-electron chi connectivity index (χ1n) is 8.80. The lowest BCUT2D eigenvalue weighted by Gasteiger charge is -2.19. The van der Waals surface area contributed by atoms with Gasteiger partial charge in [-0.1, -0.05) is 72.4 Å². The number of carbonyl (C=O) groups excluding carboxylic acids is 1. The molecule has 2 aromatic carbocycles. The van der Waals surface area contributed by atoms with Crippen LogP contribution in [-0.2, 0) is 4.79 Å². The minimum Gasteiger partial charge on any atom is -0.344 e. The van der Waals surface area contributed by atoms with E-state index < -0.39 is 0 Å². The second-order valence-electron chi connectivity index (χ2n) is 6.17. The van der Waals surface area contributed by atoms with Crippen molar-refractivity contribution >= 4 is 23.5 Å². The SMILES string of the molecule is N#Cc1cc(C#N)c(SCC(=O)NC(c2ccccc2)c2ccccc2)[nH+]c1N. The van der Waals surface area contributed by atoms with Crippen molar-refractivity contribution in [2.45, 2.75) is 11.1 Å². The minimum atomic E-state index is -0.282. The largest absolute Gasteiger partial charge is 0.344 e. The van der Waals surface area contributed by atoms with Crippen molar-refractivity contribution in [1.29, 1.82) is 10.5 Å². The average Bonchev–Trinajstić information content (AvgIpc) is 2.77. The predicted octanol–water partition coefficient (Wildman–Crippen LogP) is 2.82. The molecule has 3 rings (SSSR count). The fourth-order valence-electron chi connectivity index (χ4n) is 2.82. The summed E-state index contributed by atoms with van der Waals surface area (Å²) in [4.78, 5) is 15.5. The molecule has 1 amide bonds. The van der Waals surface area contributed by atoms with Crippen LogP contribution in [0.1, 0.15) is 28.3 Å². The Morgan fingerprint density at radius 1 is 1.00 bits per heavy atom. The van der Waals surface area contributed by atoms with Crippen LogP contribution in [0.3, 0.4) is 0 Å². The molecule has 0 aliphatic carbocycles. The number of rotatable bonds is 6. The molecular formula is C22H18N5OS+. The summed E-state index contributed by atoms with van der Waals surface area (Å²) >= 11 is 1.17. The maximum atomic E-state index is 12.7. The summed E-state index contributed by atoms with van der Waals surface area (Å²) in [5.74, 6) is 0.0703. The van der Waals surface area contributed by atoms with Crippen LogP contribution in [0, 0.1) is 22.7 Å². The molecule has 142 valence electrons. The molecule has 0 unspecified atom stereocenters. The number of benzene rings is 2. The zero-order valence-corrected chi connectivity index (χ0v) is 16.2. The number of pyridine rings is 1. The summed E-state index contributed by atoms with van der Waals surface area (Å²) < 4.78 is 0. The molecule has 29 heavy (non-hydrogen) atoms. The minimum absolute atomic E-state index is 0.0900. The molecule has 0 atom stereocenters. The molecule has 7 heteroatoms. The maximum Gasteiger partial charge on any atom is 0.289 e. The molecule has 4 N–H and O–H groups in total. The van der Waals surface area contributed by atoms with Gasteiger partial charge >= 0.3 is 0 Å². The first-order chi connectivity index (χ1) is 14.1. The zero-order valence-electron chi connectivity index (χ0n) is 15.4. The van der Waals surface area contributed by atoms with E-state index in [1.165, 1.54) is 17.8 Å². The summed E-state index contributed by atoms with van der Waals surface area (Å²) in [6.07, 6.45) is 0. The number of hydrogen-bond donors (Lipinski definition) is 2. The molecule has 0 radical (unpaired) electrons. The summed E-state index contributed by atoms with van der Waals surface area (Å²) in [5, 5.41) is 21.8. The molecule has 0 saturated heterocycles. The number of aromatic amines is 1. The number of nitrogen functional groups attached to an aromatic ring is 1. The van der Waals surface area contributed by atoms with Gasteiger partial charge in [0.2, 0.25) is 5.91 Å². The molecule has 1 aromatic heterocycles. The van der Waals surface area contributed by atoms with E-state index in [0.717, 1.165) is 11.1 Å². The van der Waals surface area contributed by atoms with Crippen molar-refractivity contribution in [1.82, 2.24) is 5.32 Å². The molecule has 0 aliphatic rings. The Morgan fingerprint density at radius 2 is 1.55 bits per heavy atom. The van der Waals surface area contributed by atoms with Crippen molar-refractivity contribution in [2.24, 2.45) is 0 Å². The highest BCUT2D eigenvalue weighted by molar-refractivity contribution is 7.99. The number of anilines is 1. The number of hydrogen-bond acceptors (Lipinski definition) is 5. The smallest absolute Gasteiger partial charge is 0.289 e. The highest BCUT2D eigenvalue weighted by atomic mass is 32.2. The van der Waals surface area contributed by atoms with E-state index >= 15 is 0 Å². The van der Waals surface area contributed by atoms with Gasteiger partial charge in [0, 0.05) is 0 Å². The third-order valence-electron chi connectivity index (χ3n) is 4.23. The lowest BCUT2D eigenvalue weighted by atomic mass is 9.99. The molecule has 0 aliphatic heterocycles. The normalized spacial score (nSPS) is 10.2. The Labute approximate surface area is 173 Å². The third kappa shape index (κ3) is 4.92. The number of H-pyrrole nitrogens is 1. The third-order valence-corrected chi connectivity index (χ3v) is 5.25. The molecule has 0 spiro atoms. The van der Waals surface area contributed by atoms with Crippen molar-refractivity contribution in [3.63, 3.8) is 0 Å². The van der Waals surface area contributed by atoms with E-state index in [9.17, 15) is 10.1 Å². The molecule has 3 aromatic rings. The average molecular weight is 400 g/mol. The van der Waals surface area contributed by atoms with E-state index in [0.29, 0.717) is 5.03 Å². The lowest BCUT2D eigenvalue weighted by molar-refractivity contribution is -0.410. The first kappa shape index (κ1) is 19.9. The monoisotopic (exact) mass is 400 g/mol. The summed E-state index contributed by atoms with van der Waals surface area (Å²) in [6.45, 7) is 0. The molecule has 0 saturated carbocycles. The Bertz CT molecular complexity index is 1050. The van der Waals surface area contributed by atoms with Gasteiger partial charge in [0.1, 0.15) is 23.3 Å². The van der Waals surface area contributed by atoms with Gasteiger partial charge in [0.05, 0.1) is 11.8 Å². The standard InChI is InChI=1S/C22H17N5OS/c23-12-17-11-18(13-24)22(27-21(17)25)29-14-19(28)26-20(15-7-3-1-4-8-15)16-9-5-2-6-10-16/h1-11,20H,14H2,(H2,25,27)(H,26,28)/p+1. The fourth-order valence-corrected chi connectivity index (χ4v) is 3.63. The Morgan fingerprint density at radius 3 is 2.07 bits per heavy atom. The van der Waals surface area contributed by atoms with E-state index in [1.807, 2.05) is 72.8 Å². The number of aromatic nitrogens is 1. The maximum absolute atomic E-state index is 12.7. The second-order valence-corrected chi connectivity index (χ2v) is 7.16. The summed E-state index contributed by atoms with van der Waals surface area (Å²) in [5.41, 5.74) is 8.22. The number of nitrogens with one attached hydrogen (secondary N) is 2. The van der Waals surface area contributed by atoms with Gasteiger partial charge in [-0.25, -0.2) is 4.98 Å². The van der Waals surface area contributed by atoms with E-state index in [2.05, 4.69) is 10.3 Å². The number of nitriles is 2. The number of nitrogens with two attached hydrogens (primary N) is 1. The second kappa shape index (κ2) is 9.41. The van der Waals surface area contributed by atoms with Gasteiger partial charge < -0.3 is 5.32 Å². The van der Waals surface area contributed by atoms with E-state index in [4.69, 9.17) is 11.0 Å². The van der Waals surface area contributed by atoms with Crippen LogP contribution in [0.15, 0.2) is 71.8 Å². The van der Waals surface area contributed by atoms with E-state index in [-0.39, 0.29) is 34.6 Å². The van der Waals surface area contributed by atoms with Gasteiger partial charge in [-0.15, -0.1) is 0 Å². The zero-order chi connectivity index (χ0) is 20.6. The summed E-state index contributed by atoms with van der Waals surface area (Å²) in [6, 6.07) is 24.5. The van der Waals surface area contributed by atoms with Crippen molar-refractivity contribution < 1.29 is 9.78 Å². The van der Waals surface area contributed by atoms with Gasteiger partial charge in [-0.05, 0) is 17.2 Å². The van der Waals surface area contributed by atoms with Gasteiger partial charge in [-0.2, -0.15) is 10.5 Å². The van der Waals surface area contributed by atoms with Gasteiger partial charge in [0.25, 0.3) is 5.82 Å². The summed E-state index contributed by atoms with van der Waals surface area (Å²) in [7, 11) is 0. The molecule has 6 nitrogen and oxygen atoms in total. The predicted molar refractivity (Wildman–Crippen MR) is 110 cm³/mol. The first-order valence-corrected chi connectivity index (χ1v) is 9.79. The lowest BCUT2D eigenvalue weighted by Crippen LogP contribution is -2.31. The number of thioether (sulfide) groups is 1. The van der Waals surface area contributed by atoms with Crippen LogP contribution < -0.4 is 16.0 Å². The van der Waals surface area contributed by atoms with Crippen molar-refractivity contribution in [3.8, 4) is 12.1 Å². The molecule has 1 heterocycles. The highest BCUT2D eigenvalue weighted by Crippen LogP contribution is 2.23. The van der Waals surface area contributed by atoms with Crippen molar-refractivity contribution in [2.75, 3.05) is 11.5 Å². The van der Waals surface area contributed by atoms with Crippen LogP contribution >= 0.6 is 11.8 Å². The van der Waals surface area contributed by atoms with Crippen LogP contribution in [0.5, 0.6) is 0 Å². The quantitative estimate of drug-likeness (QED) is 0.617. The number of carbonyl (C=O) groups is 1. The van der Waals surface area contributed by atoms with Crippen LogP contribution in [0.4, 0.5) is 5.82 Å². The van der Waals surface area contributed by atoms with Crippen LogP contribution in [0.2, 0.25) is 0 Å². The molecular weight excluding hydrogens is 382 g/mol. The highest BCUT2D eigenvalue weighted by Gasteiger charge is 2.19. The van der Waals surface area contributed by atoms with Crippen LogP contribution in [0.25, 0.3) is 0 Å². The molecule has 0 fully saturated rings. The topological polar surface area (TPSA) is 117 Å². The molecule has 0 bridgehead atoms. The van der Waals surface area contributed by atoms with Crippen LogP contribution in [-0.4, -0.2) is 11.7 Å². The Kier molecular flexibility index (Phi) is 6.47. The number of nitrogens with zero attached hydrogens (tertiary/aromatic N) is 2. The Hall–Kier alpha value is -3.81. The Balaban J connectivity index is 1.76. The van der Waals surface area contributed by atoms with E-state index in [1.54, 1.807) is 0 Å². The fraction of sp³-hybridized carbons (Fsp3) is 0.0909. The van der Waals surface area contributed by atoms with Gasteiger partial charge in [-0.3, -0.25) is 10.5 Å². The van der Waals surface area contributed by atoms with Crippen molar-refractivity contribution in [3.05, 3.63) is 89.0 Å². The number of amides is 1. The van der Waals surface area contributed by atoms with Gasteiger partial charge in [0.15, 0.2) is 5.03 Å².